The third-order valence-electron chi connectivity index (χ3n) is 2.43. The minimum absolute atomic E-state index is 0.241. The van der Waals surface area contributed by atoms with Crippen LogP contribution in [0.3, 0.4) is 0 Å². The molecule has 1 unspecified atom stereocenters. The Labute approximate surface area is 119 Å². The van der Waals surface area contributed by atoms with E-state index in [1.165, 1.54) is 12.5 Å². The number of carboxylic acid groups (broad SMARTS) is 1. The van der Waals surface area contributed by atoms with Gasteiger partial charge in [-0.25, -0.2) is 4.98 Å². The van der Waals surface area contributed by atoms with Crippen molar-refractivity contribution in [1.29, 1.82) is 0 Å². The first-order valence-electron chi connectivity index (χ1n) is 5.51. The number of nitrogens with zero attached hydrogens (tertiary/aromatic N) is 2. The van der Waals surface area contributed by atoms with Crippen molar-refractivity contribution in [2.75, 3.05) is 12.6 Å². The monoisotopic (exact) mass is 343 g/mol. The highest BCUT2D eigenvalue weighted by Gasteiger charge is 2.35. The molecule has 0 saturated heterocycles. The minimum Gasteiger partial charge on any atom is -0.480 e. The predicted octanol–water partition coefficient (Wildman–Crippen LogP) is -1.02. The average Bonchev–Trinajstić information content (AvgIpc) is 2.72. The number of aromatic nitrogens is 2. The highest BCUT2D eigenvalue weighted by molar-refractivity contribution is 7.52. The molecule has 0 radical (unpaired) electrons. The lowest BCUT2D eigenvalue weighted by Gasteiger charge is -2.28. The Bertz CT molecular complexity index is 540. The van der Waals surface area contributed by atoms with Crippen molar-refractivity contribution >= 4 is 21.2 Å². The maximum Gasteiger partial charge on any atom is 0.339 e. The Morgan fingerprint density at radius 3 is 2.10 bits per heavy atom. The molecule has 6 N–H and O–H groups in total. The van der Waals surface area contributed by atoms with Crippen molar-refractivity contribution in [1.82, 2.24) is 14.9 Å². The van der Waals surface area contributed by atoms with Crippen LogP contribution >= 0.6 is 15.2 Å². The summed E-state index contributed by atoms with van der Waals surface area (Å²) < 4.78 is 22.1. The molecular weight excluding hydrogens is 328 g/mol. The van der Waals surface area contributed by atoms with E-state index in [-0.39, 0.29) is 6.42 Å². The average molecular weight is 343 g/mol. The first-order chi connectivity index (χ1) is 9.48. The van der Waals surface area contributed by atoms with Crippen molar-refractivity contribution in [3.8, 4) is 0 Å². The molecule has 0 bridgehead atoms. The number of imidazole rings is 1. The van der Waals surface area contributed by atoms with Gasteiger partial charge in [0.1, 0.15) is 18.6 Å². The van der Waals surface area contributed by atoms with Crippen LogP contribution in [0, 0.1) is 0 Å². The smallest absolute Gasteiger partial charge is 0.339 e. The number of carbonyl (C=O) groups is 1. The number of rotatable bonds is 8. The van der Waals surface area contributed by atoms with Gasteiger partial charge in [-0.3, -0.25) is 18.8 Å². The van der Waals surface area contributed by atoms with Gasteiger partial charge in [0, 0.05) is 18.3 Å². The van der Waals surface area contributed by atoms with Crippen molar-refractivity contribution < 1.29 is 38.6 Å². The second-order valence-corrected chi connectivity index (χ2v) is 7.56. The van der Waals surface area contributed by atoms with Crippen molar-refractivity contribution in [2.24, 2.45) is 0 Å². The maximum absolute atomic E-state index is 11.3. The number of nitrogens with one attached hydrogen (secondary N) is 1. The fraction of sp³-hybridized carbons (Fsp3) is 0.500. The van der Waals surface area contributed by atoms with Crippen molar-refractivity contribution in [3.63, 3.8) is 0 Å². The van der Waals surface area contributed by atoms with Gasteiger partial charge < -0.3 is 29.7 Å². The summed E-state index contributed by atoms with van der Waals surface area (Å²) in [5.74, 6) is -1.47. The van der Waals surface area contributed by atoms with E-state index >= 15 is 0 Å². The van der Waals surface area contributed by atoms with Gasteiger partial charge in [-0.1, -0.05) is 0 Å². The highest BCUT2D eigenvalue weighted by atomic mass is 31.2. The highest BCUT2D eigenvalue weighted by Crippen LogP contribution is 2.41. The van der Waals surface area contributed by atoms with Gasteiger partial charge in [-0.15, -0.1) is 0 Å². The SMILES string of the molecule is O=C(O)C(Cc1cnc[nH]1)N(CP(=O)(O)O)CP(=O)(O)O. The van der Waals surface area contributed by atoms with E-state index in [4.69, 9.17) is 24.7 Å². The van der Waals surface area contributed by atoms with E-state index in [1.54, 1.807) is 0 Å². The molecule has 1 rings (SSSR count). The first-order valence-corrected chi connectivity index (χ1v) is 9.11. The normalized spacial score (nSPS) is 14.3. The van der Waals surface area contributed by atoms with Crippen LogP contribution in [0.15, 0.2) is 12.5 Å². The van der Waals surface area contributed by atoms with Gasteiger partial charge >= 0.3 is 21.2 Å². The molecule has 1 atom stereocenters. The van der Waals surface area contributed by atoms with Crippen molar-refractivity contribution in [2.45, 2.75) is 12.5 Å². The predicted molar refractivity (Wildman–Crippen MR) is 69.4 cm³/mol. The number of aliphatic carboxylic acids is 1. The lowest BCUT2D eigenvalue weighted by atomic mass is 10.1. The van der Waals surface area contributed by atoms with Gasteiger partial charge in [0.05, 0.1) is 6.33 Å². The molecule has 0 aliphatic heterocycles. The zero-order valence-corrected chi connectivity index (χ0v) is 12.4. The summed E-state index contributed by atoms with van der Waals surface area (Å²) in [5.41, 5.74) is 0.351. The number of hydrogen-bond acceptors (Lipinski definition) is 5. The number of carboxylic acids is 1. The summed E-state index contributed by atoms with van der Waals surface area (Å²) in [6.45, 7) is 0. The van der Waals surface area contributed by atoms with Crippen molar-refractivity contribution in [3.05, 3.63) is 18.2 Å². The molecule has 0 amide bonds. The molecule has 13 heteroatoms. The van der Waals surface area contributed by atoms with Gasteiger partial charge in [-0.2, -0.15) is 0 Å². The van der Waals surface area contributed by atoms with E-state index in [2.05, 4.69) is 9.97 Å². The second-order valence-electron chi connectivity index (χ2n) is 4.34. The summed E-state index contributed by atoms with van der Waals surface area (Å²) in [7, 11) is -9.40. The molecule has 1 aromatic rings. The lowest BCUT2D eigenvalue weighted by molar-refractivity contribution is -0.142. The van der Waals surface area contributed by atoms with Crippen LogP contribution in [0.4, 0.5) is 0 Å². The van der Waals surface area contributed by atoms with Crippen LogP contribution in [0.5, 0.6) is 0 Å². The van der Waals surface area contributed by atoms with Gasteiger partial charge in [0.25, 0.3) is 0 Å². The Kier molecular flexibility index (Phi) is 5.83. The molecule has 1 heterocycles. The molecule has 0 saturated carbocycles. The fourth-order valence-electron chi connectivity index (χ4n) is 1.69. The minimum atomic E-state index is -4.70. The topological polar surface area (TPSA) is 184 Å². The van der Waals surface area contributed by atoms with Gasteiger partial charge in [0.2, 0.25) is 0 Å². The molecule has 120 valence electrons. The Balaban J connectivity index is 3.02. The van der Waals surface area contributed by atoms with Crippen LogP contribution in [0.1, 0.15) is 5.69 Å². The maximum atomic E-state index is 11.3. The lowest BCUT2D eigenvalue weighted by Crippen LogP contribution is -2.43. The third-order valence-corrected chi connectivity index (χ3v) is 3.89. The molecule has 0 spiro atoms. The molecule has 0 aliphatic carbocycles. The summed E-state index contributed by atoms with van der Waals surface area (Å²) in [6, 6.07) is -1.52. The third kappa shape index (κ3) is 6.96. The summed E-state index contributed by atoms with van der Waals surface area (Å²) in [4.78, 5) is 53.9. The number of H-pyrrole nitrogens is 1. The van der Waals surface area contributed by atoms with Gasteiger partial charge in [-0.05, 0) is 0 Å². The van der Waals surface area contributed by atoms with E-state index in [9.17, 15) is 13.9 Å². The summed E-state index contributed by atoms with van der Waals surface area (Å²) in [5, 5.41) is 9.15. The molecule has 0 fully saturated rings. The number of aromatic amines is 1. The molecular formula is C8H15N3O8P2. The van der Waals surface area contributed by atoms with E-state index in [0.717, 1.165) is 0 Å². The standard InChI is InChI=1S/C8H15N3O8P2/c12-8(13)7(1-6-2-9-3-10-6)11(4-20(14,15)16)5-21(17,18)19/h2-3,7H,1,4-5H2,(H,9,10)(H,12,13)(H2,14,15,16)(H2,17,18,19). The summed E-state index contributed by atoms with van der Waals surface area (Å²) in [6.07, 6.45) is 0.190. The zero-order valence-electron chi connectivity index (χ0n) is 10.6. The largest absolute Gasteiger partial charge is 0.480 e. The summed E-state index contributed by atoms with van der Waals surface area (Å²) >= 11 is 0. The Hall–Kier alpha value is -1.06. The van der Waals surface area contributed by atoms with E-state index < -0.39 is 39.8 Å². The van der Waals surface area contributed by atoms with E-state index in [0.29, 0.717) is 10.6 Å². The molecule has 0 aromatic carbocycles. The number of hydrogen-bond donors (Lipinski definition) is 6. The second kappa shape index (κ2) is 6.80. The quantitative estimate of drug-likeness (QED) is 0.319. The Morgan fingerprint density at radius 2 is 1.76 bits per heavy atom. The molecule has 11 nitrogen and oxygen atoms in total. The molecule has 1 aromatic heterocycles. The van der Waals surface area contributed by atoms with Gasteiger partial charge in [0.15, 0.2) is 0 Å². The zero-order chi connectivity index (χ0) is 16.3. The van der Waals surface area contributed by atoms with Crippen LogP contribution in [0.2, 0.25) is 0 Å². The molecule has 0 aliphatic rings. The van der Waals surface area contributed by atoms with Crippen LogP contribution in [0.25, 0.3) is 0 Å². The van der Waals surface area contributed by atoms with E-state index in [1.807, 2.05) is 0 Å². The van der Waals surface area contributed by atoms with Crippen LogP contribution < -0.4 is 0 Å². The fourth-order valence-corrected chi connectivity index (χ4v) is 3.39. The first kappa shape index (κ1) is 18.0. The van der Waals surface area contributed by atoms with Crippen LogP contribution in [-0.2, 0) is 20.3 Å². The Morgan fingerprint density at radius 1 is 1.24 bits per heavy atom. The van der Waals surface area contributed by atoms with Crippen LogP contribution in [-0.4, -0.2) is 64.1 Å². The molecule has 21 heavy (non-hydrogen) atoms.